The predicted octanol–water partition coefficient (Wildman–Crippen LogP) is 2.26. The number of hydrogen-bond acceptors (Lipinski definition) is 7. The van der Waals surface area contributed by atoms with Crippen molar-refractivity contribution in [3.8, 4) is 17.2 Å². The van der Waals surface area contributed by atoms with E-state index in [1.54, 1.807) is 27.7 Å². The molecule has 1 aliphatic rings. The first kappa shape index (κ1) is 22.4. The van der Waals surface area contributed by atoms with Gasteiger partial charge in [-0.05, 0) is 34.6 Å². The Kier molecular flexibility index (Phi) is 6.20. The second-order valence-corrected chi connectivity index (χ2v) is 7.47. The van der Waals surface area contributed by atoms with Gasteiger partial charge in [-0.3, -0.25) is 0 Å². The van der Waals surface area contributed by atoms with E-state index in [1.165, 1.54) is 4.90 Å². The standard InChI is InChI=1S/C16H24FNO6.C2H6/c1-8-10(17)13(21)12(20)9(11(8)19)16(22,23)18-6-14(2,3)24-15(4,5)7-18;1-2/h19-23H,6-7H2,1-5H3;1-2H3. The van der Waals surface area contributed by atoms with E-state index >= 15 is 0 Å². The number of ether oxygens (including phenoxy) is 1. The Balaban J connectivity index is 0.00000163. The lowest BCUT2D eigenvalue weighted by Crippen LogP contribution is -2.63. The predicted molar refractivity (Wildman–Crippen MR) is 94.4 cm³/mol. The fourth-order valence-corrected chi connectivity index (χ4v) is 3.29. The number of morpholine rings is 1. The van der Waals surface area contributed by atoms with Gasteiger partial charge in [0.05, 0.1) is 11.2 Å². The van der Waals surface area contributed by atoms with Crippen LogP contribution in [0.25, 0.3) is 0 Å². The molecule has 0 atom stereocenters. The fraction of sp³-hybridized carbons (Fsp3) is 0.667. The second kappa shape index (κ2) is 7.19. The van der Waals surface area contributed by atoms with Crippen molar-refractivity contribution in [2.45, 2.75) is 65.6 Å². The average molecular weight is 375 g/mol. The van der Waals surface area contributed by atoms with Crippen molar-refractivity contribution in [2.24, 2.45) is 0 Å². The maximum absolute atomic E-state index is 13.7. The number of halogens is 1. The van der Waals surface area contributed by atoms with Crippen molar-refractivity contribution >= 4 is 0 Å². The third kappa shape index (κ3) is 4.03. The molecule has 1 saturated heterocycles. The number of aliphatic hydroxyl groups is 2. The Hall–Kier alpha value is -1.61. The smallest absolute Gasteiger partial charge is 0.261 e. The highest BCUT2D eigenvalue weighted by Crippen LogP contribution is 2.47. The molecule has 0 bridgehead atoms. The summed E-state index contributed by atoms with van der Waals surface area (Å²) in [6.45, 7) is 12.3. The first-order chi connectivity index (χ1) is 11.7. The van der Waals surface area contributed by atoms with Crippen molar-refractivity contribution in [3.63, 3.8) is 0 Å². The maximum atomic E-state index is 13.7. The van der Waals surface area contributed by atoms with Crippen LogP contribution >= 0.6 is 0 Å². The number of hydrogen-bond donors (Lipinski definition) is 5. The van der Waals surface area contributed by atoms with E-state index in [0.717, 1.165) is 6.92 Å². The van der Waals surface area contributed by atoms with E-state index in [-0.39, 0.29) is 13.1 Å². The molecule has 1 aromatic carbocycles. The number of benzene rings is 1. The molecule has 5 N–H and O–H groups in total. The summed E-state index contributed by atoms with van der Waals surface area (Å²) in [7, 11) is 0. The Bertz CT molecular complexity index is 627. The van der Waals surface area contributed by atoms with Gasteiger partial charge in [-0.2, -0.15) is 0 Å². The van der Waals surface area contributed by atoms with Crippen LogP contribution in [0.15, 0.2) is 0 Å². The van der Waals surface area contributed by atoms with Crippen molar-refractivity contribution in [1.29, 1.82) is 0 Å². The summed E-state index contributed by atoms with van der Waals surface area (Å²) >= 11 is 0. The number of rotatable bonds is 2. The van der Waals surface area contributed by atoms with Crippen LogP contribution in [0.4, 0.5) is 4.39 Å². The summed E-state index contributed by atoms with van der Waals surface area (Å²) in [6.07, 6.45) is 0. The molecule has 1 fully saturated rings. The molecule has 0 aromatic heterocycles. The van der Waals surface area contributed by atoms with E-state index in [9.17, 15) is 29.9 Å². The highest BCUT2D eigenvalue weighted by molar-refractivity contribution is 5.58. The Labute approximate surface area is 153 Å². The summed E-state index contributed by atoms with van der Waals surface area (Å²) < 4.78 is 19.6. The normalized spacial score (nSPS) is 19.6. The number of nitrogens with zero attached hydrogens (tertiary/aromatic N) is 1. The maximum Gasteiger partial charge on any atom is 0.261 e. The molecule has 8 heteroatoms. The molecule has 150 valence electrons. The van der Waals surface area contributed by atoms with Gasteiger partial charge in [0.25, 0.3) is 5.91 Å². The van der Waals surface area contributed by atoms with Crippen LogP contribution in [0, 0.1) is 12.7 Å². The highest BCUT2D eigenvalue weighted by atomic mass is 19.1. The minimum atomic E-state index is -2.84. The topological polar surface area (TPSA) is 114 Å². The van der Waals surface area contributed by atoms with E-state index in [2.05, 4.69) is 0 Å². The lowest BCUT2D eigenvalue weighted by molar-refractivity contribution is -0.322. The lowest BCUT2D eigenvalue weighted by Gasteiger charge is -2.50. The molecule has 0 unspecified atom stereocenters. The van der Waals surface area contributed by atoms with Gasteiger partial charge in [0.2, 0.25) is 0 Å². The summed E-state index contributed by atoms with van der Waals surface area (Å²) in [5.41, 5.74) is -2.67. The van der Waals surface area contributed by atoms with E-state index in [1.807, 2.05) is 13.8 Å². The van der Waals surface area contributed by atoms with Gasteiger partial charge in [0.1, 0.15) is 11.3 Å². The first-order valence-corrected chi connectivity index (χ1v) is 8.53. The molecule has 0 aliphatic carbocycles. The molecule has 2 rings (SSSR count). The summed E-state index contributed by atoms with van der Waals surface area (Å²) in [4.78, 5) is 1.18. The SMILES string of the molecule is CC.Cc1c(O)c(C(O)(O)N2CC(C)(C)OC(C)(C)C2)c(O)c(O)c1F. The van der Waals surface area contributed by atoms with Gasteiger partial charge in [-0.15, -0.1) is 0 Å². The van der Waals surface area contributed by atoms with Crippen LogP contribution in [-0.4, -0.2) is 54.7 Å². The van der Waals surface area contributed by atoms with Crippen molar-refractivity contribution in [1.82, 2.24) is 4.90 Å². The highest BCUT2D eigenvalue weighted by Gasteiger charge is 2.49. The van der Waals surface area contributed by atoms with E-state index < -0.39 is 51.3 Å². The van der Waals surface area contributed by atoms with E-state index in [0.29, 0.717) is 0 Å². The summed E-state index contributed by atoms with van der Waals surface area (Å²) in [6, 6.07) is 0. The Morgan fingerprint density at radius 1 is 0.923 bits per heavy atom. The first-order valence-electron chi connectivity index (χ1n) is 8.53. The molecule has 0 saturated carbocycles. The number of aromatic hydroxyl groups is 3. The zero-order valence-corrected chi connectivity index (χ0v) is 16.4. The molecule has 1 aromatic rings. The molecule has 0 spiro atoms. The second-order valence-electron chi connectivity index (χ2n) is 7.47. The van der Waals surface area contributed by atoms with Crippen LogP contribution in [0.3, 0.4) is 0 Å². The molecule has 0 amide bonds. The third-order valence-corrected chi connectivity index (χ3v) is 4.06. The van der Waals surface area contributed by atoms with Gasteiger partial charge < -0.3 is 30.3 Å². The number of phenolic OH excluding ortho intramolecular Hbond substituents is 3. The molecular weight excluding hydrogens is 345 g/mol. The molecule has 1 aliphatic heterocycles. The summed E-state index contributed by atoms with van der Waals surface area (Å²) in [5.74, 6) is -7.19. The van der Waals surface area contributed by atoms with Crippen LogP contribution in [0.5, 0.6) is 17.2 Å². The van der Waals surface area contributed by atoms with Crippen molar-refractivity contribution in [3.05, 3.63) is 16.9 Å². The minimum Gasteiger partial charge on any atom is -0.507 e. The Morgan fingerprint density at radius 2 is 1.35 bits per heavy atom. The van der Waals surface area contributed by atoms with Gasteiger partial charge in [0.15, 0.2) is 17.3 Å². The third-order valence-electron chi connectivity index (χ3n) is 4.06. The van der Waals surface area contributed by atoms with Crippen LogP contribution < -0.4 is 0 Å². The molecule has 0 radical (unpaired) electrons. The average Bonchev–Trinajstić information content (AvgIpc) is 2.50. The molecule has 26 heavy (non-hydrogen) atoms. The monoisotopic (exact) mass is 375 g/mol. The van der Waals surface area contributed by atoms with Crippen molar-refractivity contribution in [2.75, 3.05) is 13.1 Å². The lowest BCUT2D eigenvalue weighted by atomic mass is 9.95. The largest absolute Gasteiger partial charge is 0.507 e. The van der Waals surface area contributed by atoms with Crippen LogP contribution in [-0.2, 0) is 10.6 Å². The molecular formula is C18H30FNO6. The molecule has 1 heterocycles. The number of phenols is 3. The fourth-order valence-electron chi connectivity index (χ4n) is 3.29. The summed E-state index contributed by atoms with van der Waals surface area (Å²) in [5, 5.41) is 51.1. The zero-order chi connectivity index (χ0) is 20.7. The Morgan fingerprint density at radius 3 is 1.77 bits per heavy atom. The quantitative estimate of drug-likeness (QED) is 0.306. The van der Waals surface area contributed by atoms with Crippen LogP contribution in [0.2, 0.25) is 0 Å². The van der Waals surface area contributed by atoms with Gasteiger partial charge in [-0.1, -0.05) is 13.8 Å². The van der Waals surface area contributed by atoms with Crippen molar-refractivity contribution < 1.29 is 34.7 Å². The van der Waals surface area contributed by atoms with E-state index in [4.69, 9.17) is 4.74 Å². The van der Waals surface area contributed by atoms with Gasteiger partial charge in [-0.25, -0.2) is 9.29 Å². The zero-order valence-electron chi connectivity index (χ0n) is 16.4. The molecule has 7 nitrogen and oxygen atoms in total. The van der Waals surface area contributed by atoms with Gasteiger partial charge in [0, 0.05) is 18.7 Å². The minimum absolute atomic E-state index is 0.0551. The van der Waals surface area contributed by atoms with Gasteiger partial charge >= 0.3 is 0 Å². The van der Waals surface area contributed by atoms with Crippen LogP contribution in [0.1, 0.15) is 52.7 Å².